The molecule has 0 radical (unpaired) electrons. The van der Waals surface area contributed by atoms with E-state index >= 15 is 0 Å². The first-order valence-corrected chi connectivity index (χ1v) is 16.9. The fourth-order valence-corrected chi connectivity index (χ4v) is 6.71. The summed E-state index contributed by atoms with van der Waals surface area (Å²) < 4.78 is 20.7. The van der Waals surface area contributed by atoms with Gasteiger partial charge in [-0.05, 0) is 36.7 Å². The number of fused-ring (bicyclic) bond motifs is 5. The zero-order valence-electron chi connectivity index (χ0n) is 29.5. The van der Waals surface area contributed by atoms with Crippen LogP contribution >= 0.6 is 0 Å². The van der Waals surface area contributed by atoms with Gasteiger partial charge >= 0.3 is 42.1 Å². The first-order valence-electron chi connectivity index (χ1n) is 16.9. The van der Waals surface area contributed by atoms with Crippen molar-refractivity contribution in [3.05, 3.63) is 147 Å². The molecule has 0 fully saturated rings. The Morgan fingerprint density at radius 1 is 0.482 bits per heavy atom. The van der Waals surface area contributed by atoms with Crippen LogP contribution in [0.15, 0.2) is 123 Å². The topological polar surface area (TPSA) is 116 Å². The molecule has 0 aliphatic heterocycles. The number of nitrogens with zero attached hydrogens (tertiary/aromatic N) is 10. The predicted octanol–water partition coefficient (Wildman–Crippen LogP) is 7.89. The van der Waals surface area contributed by atoms with E-state index in [0.717, 1.165) is 44.5 Å². The molecule has 0 amide bonds. The number of aryl methyl sites for hydroxylation is 2. The number of ether oxygens (including phenoxy) is 2. The van der Waals surface area contributed by atoms with Gasteiger partial charge in [0.15, 0.2) is 0 Å². The van der Waals surface area contributed by atoms with Crippen LogP contribution in [0.2, 0.25) is 0 Å². The molecule has 0 N–H and O–H groups in total. The normalized spacial score (nSPS) is 11.1. The van der Waals surface area contributed by atoms with Crippen molar-refractivity contribution in [3.8, 4) is 57.4 Å². The standard InChI is InChI=1S/C42H26N10O2.2Pt/c1-49-17-15-47-41(49)27-19-31(25-43-23-27)53-29-9-11-33-35(21-29)51(37-7-3-5-13-45-37)40-34-12-10-30(22-36(34)52(39(33)40)38-8-4-6-14-46-38)54-32-20-28(24-44-26-32)42-48-16-18-50(42)2;;/h3-18,23-26H,1-2H3;;/q-4;2*+2. The summed E-state index contributed by atoms with van der Waals surface area (Å²) in [5.41, 5.74) is 4.76. The largest absolute Gasteiger partial charge is 2.00 e. The molecule has 10 rings (SSSR count). The van der Waals surface area contributed by atoms with Crippen LogP contribution in [-0.2, 0) is 56.2 Å². The van der Waals surface area contributed by atoms with E-state index in [1.165, 1.54) is 0 Å². The van der Waals surface area contributed by atoms with Crippen LogP contribution in [0.3, 0.4) is 0 Å². The Balaban J connectivity index is 0.00000220. The summed E-state index contributed by atoms with van der Waals surface area (Å²) >= 11 is 0. The summed E-state index contributed by atoms with van der Waals surface area (Å²) in [6, 6.07) is 33.2. The van der Waals surface area contributed by atoms with E-state index in [-0.39, 0.29) is 42.1 Å². The van der Waals surface area contributed by atoms with Crippen LogP contribution in [0, 0.1) is 24.3 Å². The van der Waals surface area contributed by atoms with Crippen molar-refractivity contribution in [2.24, 2.45) is 14.1 Å². The van der Waals surface area contributed by atoms with Crippen molar-refractivity contribution in [2.75, 3.05) is 0 Å². The van der Waals surface area contributed by atoms with Crippen LogP contribution in [-0.4, -0.2) is 48.2 Å². The number of hydrogen-bond acceptors (Lipinski definition) is 8. The Morgan fingerprint density at radius 3 is 1.34 bits per heavy atom. The Morgan fingerprint density at radius 2 is 0.946 bits per heavy atom. The summed E-state index contributed by atoms with van der Waals surface area (Å²) in [4.78, 5) is 27.2. The van der Waals surface area contributed by atoms with Crippen LogP contribution < -0.4 is 9.47 Å². The average Bonchev–Trinajstić information content (AvgIpc) is 3.98. The summed E-state index contributed by atoms with van der Waals surface area (Å²) in [7, 11) is 3.85. The SMILES string of the molecule is Cn1ccnc1-c1[c-]c(Oc2[c-]c3c(cc2)c2c(c4ccc(Oc5[c-]c(-c6nccn6C)cnc5)[c-]c4n2-c2ccccn2)n3-c2ccccn2)cnc1.[Pt+2].[Pt+2]. The monoisotopic (exact) mass is 1090 g/mol. The molecule has 8 heterocycles. The van der Waals surface area contributed by atoms with Gasteiger partial charge in [0.1, 0.15) is 11.6 Å². The van der Waals surface area contributed by atoms with Crippen LogP contribution in [0.4, 0.5) is 0 Å². The molecule has 276 valence electrons. The van der Waals surface area contributed by atoms with Crippen molar-refractivity contribution in [2.45, 2.75) is 0 Å². The van der Waals surface area contributed by atoms with E-state index in [9.17, 15) is 0 Å². The molecule has 0 bridgehead atoms. The Kier molecular flexibility index (Phi) is 9.93. The van der Waals surface area contributed by atoms with Crippen LogP contribution in [0.25, 0.3) is 67.3 Å². The zero-order valence-corrected chi connectivity index (χ0v) is 34.0. The summed E-state index contributed by atoms with van der Waals surface area (Å²) in [5, 5.41) is 1.81. The molecule has 0 aliphatic carbocycles. The fraction of sp³-hybridized carbons (Fsp3) is 0.0476. The van der Waals surface area contributed by atoms with Crippen molar-refractivity contribution < 1.29 is 51.6 Å². The molecule has 0 saturated heterocycles. The van der Waals surface area contributed by atoms with E-state index in [2.05, 4.69) is 53.3 Å². The minimum atomic E-state index is 0. The third-order valence-electron chi connectivity index (χ3n) is 9.05. The zero-order chi connectivity index (χ0) is 36.2. The third-order valence-corrected chi connectivity index (χ3v) is 9.05. The van der Waals surface area contributed by atoms with E-state index in [1.807, 2.05) is 96.3 Å². The second-order valence-corrected chi connectivity index (χ2v) is 12.5. The van der Waals surface area contributed by atoms with Gasteiger partial charge in [0, 0.05) is 73.8 Å². The number of imidazole rings is 2. The second kappa shape index (κ2) is 15.1. The smallest absolute Gasteiger partial charge is 0.501 e. The molecule has 12 nitrogen and oxygen atoms in total. The fourth-order valence-electron chi connectivity index (χ4n) is 6.71. The molecule has 2 aromatic carbocycles. The molecule has 0 aliphatic rings. The van der Waals surface area contributed by atoms with Gasteiger partial charge in [0.05, 0.1) is 23.1 Å². The van der Waals surface area contributed by atoms with Gasteiger partial charge < -0.3 is 37.7 Å². The number of aromatic nitrogens is 10. The molecule has 0 atom stereocenters. The number of pyridine rings is 4. The van der Waals surface area contributed by atoms with E-state index < -0.39 is 0 Å². The van der Waals surface area contributed by atoms with Crippen molar-refractivity contribution in [1.82, 2.24) is 48.2 Å². The second-order valence-electron chi connectivity index (χ2n) is 12.5. The molecule has 14 heteroatoms. The number of hydrogen-bond donors (Lipinski definition) is 0. The van der Waals surface area contributed by atoms with Crippen LogP contribution in [0.5, 0.6) is 23.0 Å². The third kappa shape index (κ3) is 6.40. The molecule has 56 heavy (non-hydrogen) atoms. The van der Waals surface area contributed by atoms with E-state index in [1.54, 1.807) is 49.6 Å². The summed E-state index contributed by atoms with van der Waals surface area (Å²) in [5.74, 6) is 4.75. The summed E-state index contributed by atoms with van der Waals surface area (Å²) in [6.45, 7) is 0. The number of rotatable bonds is 8. The maximum absolute atomic E-state index is 6.34. The van der Waals surface area contributed by atoms with E-state index in [4.69, 9.17) is 19.4 Å². The molecule has 0 saturated carbocycles. The molecule has 0 spiro atoms. The molecular formula is C42H26N10O2Pt2. The van der Waals surface area contributed by atoms with Crippen molar-refractivity contribution in [1.29, 1.82) is 0 Å². The molecular weight excluding hydrogens is 1070 g/mol. The first kappa shape index (κ1) is 36.7. The van der Waals surface area contributed by atoms with Gasteiger partial charge in [0.25, 0.3) is 0 Å². The molecule has 10 aromatic rings. The van der Waals surface area contributed by atoms with Gasteiger partial charge in [-0.2, -0.15) is 12.1 Å². The molecule has 0 unspecified atom stereocenters. The maximum Gasteiger partial charge on any atom is 2.00 e. The molecule has 8 aromatic heterocycles. The number of benzene rings is 2. The maximum atomic E-state index is 6.34. The average molecular weight is 1090 g/mol. The van der Waals surface area contributed by atoms with Gasteiger partial charge in [0.2, 0.25) is 0 Å². The van der Waals surface area contributed by atoms with Crippen LogP contribution in [0.1, 0.15) is 0 Å². The Bertz CT molecular complexity index is 2790. The minimum absolute atomic E-state index is 0. The van der Waals surface area contributed by atoms with Gasteiger partial charge in [-0.1, -0.05) is 69.6 Å². The van der Waals surface area contributed by atoms with Gasteiger partial charge in [-0.15, -0.1) is 24.3 Å². The Hall–Kier alpha value is -6.22. The summed E-state index contributed by atoms with van der Waals surface area (Å²) in [6.07, 6.45) is 17.4. The Labute approximate surface area is 349 Å². The van der Waals surface area contributed by atoms with Gasteiger partial charge in [-0.3, -0.25) is 9.97 Å². The minimum Gasteiger partial charge on any atom is -0.501 e. The van der Waals surface area contributed by atoms with Gasteiger partial charge in [-0.25, -0.2) is 9.97 Å². The van der Waals surface area contributed by atoms with E-state index in [0.29, 0.717) is 45.8 Å². The first-order chi connectivity index (χ1) is 26.6. The quantitative estimate of drug-likeness (QED) is 0.141. The van der Waals surface area contributed by atoms with Crippen molar-refractivity contribution >= 4 is 32.8 Å². The predicted molar refractivity (Wildman–Crippen MR) is 202 cm³/mol. The van der Waals surface area contributed by atoms with Crippen molar-refractivity contribution in [3.63, 3.8) is 0 Å².